The van der Waals surface area contributed by atoms with Crippen LogP contribution in [0.4, 0.5) is 8.78 Å². The zero-order valence-corrected chi connectivity index (χ0v) is 12.0. The quantitative estimate of drug-likeness (QED) is 0.636. The SMILES string of the molecule is CCc1cccc2c(Cl)nc(-c3c(F)cccc3F)nc12. The van der Waals surface area contributed by atoms with Gasteiger partial charge in [-0.2, -0.15) is 0 Å². The van der Waals surface area contributed by atoms with E-state index >= 15 is 0 Å². The van der Waals surface area contributed by atoms with Crippen molar-refractivity contribution in [3.8, 4) is 11.4 Å². The average molecular weight is 305 g/mol. The summed E-state index contributed by atoms with van der Waals surface area (Å²) in [4.78, 5) is 8.37. The van der Waals surface area contributed by atoms with Crippen molar-refractivity contribution in [3.63, 3.8) is 0 Å². The van der Waals surface area contributed by atoms with Gasteiger partial charge >= 0.3 is 0 Å². The monoisotopic (exact) mass is 304 g/mol. The minimum absolute atomic E-state index is 0.0380. The lowest BCUT2D eigenvalue weighted by Crippen LogP contribution is -1.99. The van der Waals surface area contributed by atoms with Crippen molar-refractivity contribution in [2.75, 3.05) is 0 Å². The fourth-order valence-corrected chi connectivity index (χ4v) is 2.52. The van der Waals surface area contributed by atoms with Gasteiger partial charge < -0.3 is 0 Å². The van der Waals surface area contributed by atoms with Crippen LogP contribution in [0.3, 0.4) is 0 Å². The molecule has 1 aromatic heterocycles. The lowest BCUT2D eigenvalue weighted by Gasteiger charge is -2.09. The highest BCUT2D eigenvalue weighted by Crippen LogP contribution is 2.29. The number of fused-ring (bicyclic) bond motifs is 1. The van der Waals surface area contributed by atoms with Crippen LogP contribution in [-0.2, 0) is 6.42 Å². The third-order valence-corrected chi connectivity index (χ3v) is 3.62. The Balaban J connectivity index is 2.35. The summed E-state index contributed by atoms with van der Waals surface area (Å²) < 4.78 is 27.8. The topological polar surface area (TPSA) is 25.8 Å². The van der Waals surface area contributed by atoms with Gasteiger partial charge in [0.1, 0.15) is 16.8 Å². The van der Waals surface area contributed by atoms with E-state index in [4.69, 9.17) is 11.6 Å². The summed E-state index contributed by atoms with van der Waals surface area (Å²) in [5, 5.41) is 0.865. The molecule has 0 amide bonds. The Bertz CT molecular complexity index is 814. The highest BCUT2D eigenvalue weighted by atomic mass is 35.5. The molecule has 0 saturated carbocycles. The predicted molar refractivity (Wildman–Crippen MR) is 79.3 cm³/mol. The van der Waals surface area contributed by atoms with Crippen LogP contribution in [0.25, 0.3) is 22.3 Å². The van der Waals surface area contributed by atoms with E-state index in [1.165, 1.54) is 18.2 Å². The number of para-hydroxylation sites is 1. The van der Waals surface area contributed by atoms with Crippen LogP contribution >= 0.6 is 11.6 Å². The molecule has 0 unspecified atom stereocenters. The van der Waals surface area contributed by atoms with Crippen LogP contribution in [0.5, 0.6) is 0 Å². The molecule has 0 spiro atoms. The number of benzene rings is 2. The molecule has 0 N–H and O–H groups in total. The zero-order valence-electron chi connectivity index (χ0n) is 11.2. The molecule has 3 aromatic rings. The number of rotatable bonds is 2. The Labute approximate surface area is 125 Å². The molecule has 0 aliphatic rings. The second-order valence-electron chi connectivity index (χ2n) is 4.60. The number of hydrogen-bond donors (Lipinski definition) is 0. The molecule has 106 valence electrons. The summed E-state index contributed by atoms with van der Waals surface area (Å²) in [6.45, 7) is 1.98. The van der Waals surface area contributed by atoms with E-state index in [-0.39, 0.29) is 16.5 Å². The first-order valence-corrected chi connectivity index (χ1v) is 6.89. The summed E-state index contributed by atoms with van der Waals surface area (Å²) in [6, 6.07) is 9.21. The van der Waals surface area contributed by atoms with Crippen LogP contribution < -0.4 is 0 Å². The maximum atomic E-state index is 13.9. The third-order valence-electron chi connectivity index (χ3n) is 3.33. The molecule has 0 aliphatic heterocycles. The number of hydrogen-bond acceptors (Lipinski definition) is 2. The minimum atomic E-state index is -0.709. The summed E-state index contributed by atoms with van der Waals surface area (Å²) in [7, 11) is 0. The molecule has 0 fully saturated rings. The van der Waals surface area contributed by atoms with Crippen LogP contribution in [0.15, 0.2) is 36.4 Å². The molecular weight excluding hydrogens is 294 g/mol. The Morgan fingerprint density at radius 2 is 1.67 bits per heavy atom. The Hall–Kier alpha value is -2.07. The van der Waals surface area contributed by atoms with Gasteiger partial charge in [0.15, 0.2) is 5.82 Å². The van der Waals surface area contributed by atoms with Gasteiger partial charge in [-0.15, -0.1) is 0 Å². The molecule has 1 heterocycles. The average Bonchev–Trinajstić information content (AvgIpc) is 2.46. The zero-order chi connectivity index (χ0) is 15.0. The first-order chi connectivity index (χ1) is 10.1. The van der Waals surface area contributed by atoms with Crippen LogP contribution in [0.1, 0.15) is 12.5 Å². The summed E-state index contributed by atoms with van der Waals surface area (Å²) in [5.41, 5.74) is 1.32. The van der Waals surface area contributed by atoms with Crippen molar-refractivity contribution in [3.05, 3.63) is 58.7 Å². The second-order valence-corrected chi connectivity index (χ2v) is 4.96. The van der Waals surface area contributed by atoms with Gasteiger partial charge in [-0.3, -0.25) is 0 Å². The maximum absolute atomic E-state index is 13.9. The molecule has 0 saturated heterocycles. The number of halogens is 3. The van der Waals surface area contributed by atoms with Crippen molar-refractivity contribution >= 4 is 22.5 Å². The van der Waals surface area contributed by atoms with E-state index in [0.717, 1.165) is 12.0 Å². The van der Waals surface area contributed by atoms with Crippen LogP contribution in [0, 0.1) is 11.6 Å². The summed E-state index contributed by atoms with van der Waals surface area (Å²) in [5.74, 6) is -1.46. The van der Waals surface area contributed by atoms with E-state index in [0.29, 0.717) is 10.9 Å². The normalized spacial score (nSPS) is 11.0. The highest BCUT2D eigenvalue weighted by molar-refractivity contribution is 6.34. The summed E-state index contributed by atoms with van der Waals surface area (Å²) in [6.07, 6.45) is 0.740. The molecule has 0 aliphatic carbocycles. The van der Waals surface area contributed by atoms with Crippen molar-refractivity contribution in [1.29, 1.82) is 0 Å². The van der Waals surface area contributed by atoms with Gasteiger partial charge in [0.2, 0.25) is 0 Å². The Kier molecular flexibility index (Phi) is 3.55. The second kappa shape index (κ2) is 5.37. The highest BCUT2D eigenvalue weighted by Gasteiger charge is 2.17. The van der Waals surface area contributed by atoms with Crippen molar-refractivity contribution in [2.24, 2.45) is 0 Å². The fraction of sp³-hybridized carbons (Fsp3) is 0.125. The predicted octanol–water partition coefficient (Wildman–Crippen LogP) is 4.79. The van der Waals surface area contributed by atoms with Gasteiger partial charge in [0.25, 0.3) is 0 Å². The van der Waals surface area contributed by atoms with Gasteiger partial charge in [-0.1, -0.05) is 36.7 Å². The van der Waals surface area contributed by atoms with Gasteiger partial charge in [-0.05, 0) is 30.2 Å². The minimum Gasteiger partial charge on any atom is -0.227 e. The Morgan fingerprint density at radius 3 is 2.33 bits per heavy atom. The fourth-order valence-electron chi connectivity index (χ4n) is 2.28. The molecule has 2 aromatic carbocycles. The molecular formula is C16H11ClF2N2. The van der Waals surface area contributed by atoms with Crippen molar-refractivity contribution in [2.45, 2.75) is 13.3 Å². The van der Waals surface area contributed by atoms with Crippen LogP contribution in [0.2, 0.25) is 5.15 Å². The van der Waals surface area contributed by atoms with Crippen molar-refractivity contribution in [1.82, 2.24) is 9.97 Å². The van der Waals surface area contributed by atoms with Gasteiger partial charge in [0.05, 0.1) is 11.1 Å². The standard InChI is InChI=1S/C16H11ClF2N2/c1-2-9-5-3-6-10-14(9)20-16(21-15(10)17)13-11(18)7-4-8-12(13)19/h3-8H,2H2,1H3. The molecule has 2 nitrogen and oxygen atoms in total. The number of nitrogens with zero attached hydrogens (tertiary/aromatic N) is 2. The van der Waals surface area contributed by atoms with E-state index in [1.54, 1.807) is 6.07 Å². The first-order valence-electron chi connectivity index (χ1n) is 6.51. The molecule has 3 rings (SSSR count). The van der Waals surface area contributed by atoms with Crippen molar-refractivity contribution < 1.29 is 8.78 Å². The molecule has 0 atom stereocenters. The molecule has 5 heteroatoms. The smallest absolute Gasteiger partial charge is 0.167 e. The first kappa shape index (κ1) is 13.9. The van der Waals surface area contributed by atoms with Gasteiger partial charge in [0, 0.05) is 5.39 Å². The molecule has 0 radical (unpaired) electrons. The molecule has 21 heavy (non-hydrogen) atoms. The summed E-state index contributed by atoms with van der Waals surface area (Å²) >= 11 is 6.15. The van der Waals surface area contributed by atoms with E-state index in [2.05, 4.69) is 9.97 Å². The largest absolute Gasteiger partial charge is 0.227 e. The van der Waals surface area contributed by atoms with E-state index in [1.807, 2.05) is 19.1 Å². The van der Waals surface area contributed by atoms with E-state index in [9.17, 15) is 8.78 Å². The lowest BCUT2D eigenvalue weighted by atomic mass is 10.1. The lowest BCUT2D eigenvalue weighted by molar-refractivity contribution is 0.587. The third kappa shape index (κ3) is 2.36. The van der Waals surface area contributed by atoms with Gasteiger partial charge in [-0.25, -0.2) is 18.7 Å². The number of aryl methyl sites for hydroxylation is 1. The maximum Gasteiger partial charge on any atom is 0.167 e. The Morgan fingerprint density at radius 1 is 1.00 bits per heavy atom. The molecule has 0 bridgehead atoms. The van der Waals surface area contributed by atoms with E-state index < -0.39 is 11.6 Å². The number of aromatic nitrogens is 2. The van der Waals surface area contributed by atoms with Crippen LogP contribution in [-0.4, -0.2) is 9.97 Å².